The molecule has 4 aliphatic carbocycles. The lowest BCUT2D eigenvalue weighted by molar-refractivity contribution is 0.235. The minimum atomic E-state index is 0.966. The van der Waals surface area contributed by atoms with Gasteiger partial charge in [-0.25, -0.2) is 0 Å². The van der Waals surface area contributed by atoms with Gasteiger partial charge in [-0.05, 0) is 60.7 Å². The van der Waals surface area contributed by atoms with E-state index in [1.165, 1.54) is 19.3 Å². The Bertz CT molecular complexity index is 351. The molecule has 0 N–H and O–H groups in total. The fourth-order valence-electron chi connectivity index (χ4n) is 6.02. The molecule has 0 aromatic rings. The smallest absolute Gasteiger partial charge is 0.0132 e. The van der Waals surface area contributed by atoms with Gasteiger partial charge in [0.05, 0.1) is 0 Å². The van der Waals surface area contributed by atoms with Crippen LogP contribution in [0.15, 0.2) is 11.1 Å². The Hall–Kier alpha value is -0.260. The quantitative estimate of drug-likeness (QED) is 0.523. The van der Waals surface area contributed by atoms with Crippen LogP contribution >= 0.6 is 0 Å². The van der Waals surface area contributed by atoms with E-state index in [1.54, 1.807) is 0 Å². The molecular formula is C15H22. The van der Waals surface area contributed by atoms with Gasteiger partial charge in [-0.1, -0.05) is 31.9 Å². The van der Waals surface area contributed by atoms with Crippen LogP contribution in [-0.2, 0) is 0 Å². The lowest BCUT2D eigenvalue weighted by atomic mass is 9.73. The molecule has 0 aromatic carbocycles. The molecule has 4 rings (SSSR count). The van der Waals surface area contributed by atoms with Crippen LogP contribution in [0.1, 0.15) is 40.0 Å². The lowest BCUT2D eigenvalue weighted by Crippen LogP contribution is -2.24. The molecule has 0 spiro atoms. The lowest BCUT2D eigenvalue weighted by Gasteiger charge is -2.32. The molecule has 0 heterocycles. The zero-order chi connectivity index (χ0) is 10.3. The summed E-state index contributed by atoms with van der Waals surface area (Å²) in [5.41, 5.74) is 3.92. The Morgan fingerprint density at radius 1 is 1.00 bits per heavy atom. The fraction of sp³-hybridized carbons (Fsp3) is 0.867. The van der Waals surface area contributed by atoms with Gasteiger partial charge in [0, 0.05) is 0 Å². The SMILES string of the molecule is CC1CC2C(C)C1C1=C3CCC(C3C)C12. The topological polar surface area (TPSA) is 0 Å². The predicted molar refractivity (Wildman–Crippen MR) is 62.3 cm³/mol. The van der Waals surface area contributed by atoms with Crippen molar-refractivity contribution < 1.29 is 0 Å². The molecular weight excluding hydrogens is 180 g/mol. The first kappa shape index (κ1) is 8.84. The molecule has 0 heteroatoms. The zero-order valence-electron chi connectivity index (χ0n) is 10.2. The molecule has 4 aliphatic rings. The van der Waals surface area contributed by atoms with Crippen LogP contribution in [-0.4, -0.2) is 0 Å². The number of hydrogen-bond donors (Lipinski definition) is 0. The highest BCUT2D eigenvalue weighted by molar-refractivity contribution is 5.40. The van der Waals surface area contributed by atoms with E-state index in [9.17, 15) is 0 Å². The predicted octanol–water partition coefficient (Wildman–Crippen LogP) is 3.88. The largest absolute Gasteiger partial charge is 0.0673 e. The van der Waals surface area contributed by atoms with Crippen molar-refractivity contribution in [3.8, 4) is 0 Å². The van der Waals surface area contributed by atoms with Crippen molar-refractivity contribution in [3.05, 3.63) is 11.1 Å². The molecule has 0 aromatic heterocycles. The molecule has 0 amide bonds. The highest BCUT2D eigenvalue weighted by Crippen LogP contribution is 2.69. The van der Waals surface area contributed by atoms with Gasteiger partial charge in [-0.3, -0.25) is 0 Å². The second kappa shape index (κ2) is 2.52. The number of hydrogen-bond acceptors (Lipinski definition) is 0. The van der Waals surface area contributed by atoms with Gasteiger partial charge in [0.25, 0.3) is 0 Å². The van der Waals surface area contributed by atoms with E-state index in [4.69, 9.17) is 0 Å². The standard InChI is InChI=1S/C15H22/c1-7-6-12-9(3)13(7)15-11-5-4-10(8(11)2)14(12)15/h7-10,12-14H,4-6H2,1-3H3. The highest BCUT2D eigenvalue weighted by Gasteiger charge is 2.60. The molecule has 0 nitrogen and oxygen atoms in total. The van der Waals surface area contributed by atoms with E-state index in [2.05, 4.69) is 20.8 Å². The van der Waals surface area contributed by atoms with Crippen molar-refractivity contribution in [3.63, 3.8) is 0 Å². The maximum atomic E-state index is 2.54. The van der Waals surface area contributed by atoms with Crippen LogP contribution in [0.2, 0.25) is 0 Å². The number of allylic oxidation sites excluding steroid dienone is 2. The van der Waals surface area contributed by atoms with Gasteiger partial charge in [-0.2, -0.15) is 0 Å². The summed E-state index contributed by atoms with van der Waals surface area (Å²) in [5.74, 6) is 7.18. The Kier molecular flexibility index (Phi) is 1.49. The zero-order valence-corrected chi connectivity index (χ0v) is 10.2. The Morgan fingerprint density at radius 2 is 1.80 bits per heavy atom. The molecule has 7 unspecified atom stereocenters. The third-order valence-corrected chi connectivity index (χ3v) is 6.45. The summed E-state index contributed by atoms with van der Waals surface area (Å²) in [7, 11) is 0. The number of rotatable bonds is 0. The summed E-state index contributed by atoms with van der Waals surface area (Å²) in [4.78, 5) is 0. The molecule has 3 saturated carbocycles. The van der Waals surface area contributed by atoms with Gasteiger partial charge < -0.3 is 0 Å². The van der Waals surface area contributed by atoms with E-state index in [0.717, 1.165) is 41.4 Å². The van der Waals surface area contributed by atoms with Gasteiger partial charge >= 0.3 is 0 Å². The molecule has 4 bridgehead atoms. The van der Waals surface area contributed by atoms with Crippen LogP contribution in [0, 0.1) is 41.4 Å². The fourth-order valence-corrected chi connectivity index (χ4v) is 6.02. The van der Waals surface area contributed by atoms with Crippen LogP contribution < -0.4 is 0 Å². The van der Waals surface area contributed by atoms with Crippen LogP contribution in [0.4, 0.5) is 0 Å². The monoisotopic (exact) mass is 202 g/mol. The molecule has 0 saturated heterocycles. The van der Waals surface area contributed by atoms with Crippen LogP contribution in [0.25, 0.3) is 0 Å². The molecule has 82 valence electrons. The van der Waals surface area contributed by atoms with Crippen molar-refractivity contribution in [2.24, 2.45) is 41.4 Å². The van der Waals surface area contributed by atoms with Crippen molar-refractivity contribution in [1.82, 2.24) is 0 Å². The second-order valence-corrected chi connectivity index (χ2v) is 6.76. The molecule has 3 fully saturated rings. The highest BCUT2D eigenvalue weighted by atomic mass is 14.6. The Morgan fingerprint density at radius 3 is 2.60 bits per heavy atom. The van der Waals surface area contributed by atoms with E-state index < -0.39 is 0 Å². The first-order valence-electron chi connectivity index (χ1n) is 6.93. The minimum absolute atomic E-state index is 0.966. The number of fused-ring (bicyclic) bond motifs is 8. The van der Waals surface area contributed by atoms with E-state index >= 15 is 0 Å². The summed E-state index contributed by atoms with van der Waals surface area (Å²) in [6.45, 7) is 7.55. The molecule has 15 heavy (non-hydrogen) atoms. The Balaban J connectivity index is 1.88. The average molecular weight is 202 g/mol. The first-order chi connectivity index (χ1) is 7.20. The maximum absolute atomic E-state index is 2.54. The van der Waals surface area contributed by atoms with Gasteiger partial charge in [-0.15, -0.1) is 0 Å². The van der Waals surface area contributed by atoms with Crippen molar-refractivity contribution in [1.29, 1.82) is 0 Å². The minimum Gasteiger partial charge on any atom is -0.0673 e. The molecule has 7 atom stereocenters. The van der Waals surface area contributed by atoms with Crippen molar-refractivity contribution in [2.45, 2.75) is 40.0 Å². The third kappa shape index (κ3) is 0.797. The Labute approximate surface area is 93.1 Å². The van der Waals surface area contributed by atoms with Crippen molar-refractivity contribution >= 4 is 0 Å². The second-order valence-electron chi connectivity index (χ2n) is 6.76. The summed E-state index contributed by atoms with van der Waals surface area (Å²) >= 11 is 0. The molecule has 0 aliphatic heterocycles. The normalized spacial score (nSPS) is 60.6. The molecule has 0 radical (unpaired) electrons. The summed E-state index contributed by atoms with van der Waals surface area (Å²) in [5, 5.41) is 0. The maximum Gasteiger partial charge on any atom is -0.0132 e. The summed E-state index contributed by atoms with van der Waals surface area (Å²) in [6.07, 6.45) is 4.52. The van der Waals surface area contributed by atoms with Gasteiger partial charge in [0.1, 0.15) is 0 Å². The first-order valence-corrected chi connectivity index (χ1v) is 6.93. The average Bonchev–Trinajstić information content (AvgIpc) is 2.86. The van der Waals surface area contributed by atoms with E-state index in [0.29, 0.717) is 0 Å². The summed E-state index contributed by atoms with van der Waals surface area (Å²) < 4.78 is 0. The third-order valence-electron chi connectivity index (χ3n) is 6.45. The van der Waals surface area contributed by atoms with Crippen molar-refractivity contribution in [2.75, 3.05) is 0 Å². The van der Waals surface area contributed by atoms with Gasteiger partial charge in [0.15, 0.2) is 0 Å². The van der Waals surface area contributed by atoms with Gasteiger partial charge in [0.2, 0.25) is 0 Å². The van der Waals surface area contributed by atoms with E-state index in [-0.39, 0.29) is 0 Å². The van der Waals surface area contributed by atoms with Crippen LogP contribution in [0.5, 0.6) is 0 Å². The van der Waals surface area contributed by atoms with E-state index in [1.807, 2.05) is 11.1 Å². The van der Waals surface area contributed by atoms with Crippen LogP contribution in [0.3, 0.4) is 0 Å². The summed E-state index contributed by atoms with van der Waals surface area (Å²) in [6, 6.07) is 0.